The quantitative estimate of drug-likeness (QED) is 0.489. The van der Waals surface area contributed by atoms with Gasteiger partial charge in [0.05, 0.1) is 14.3 Å². The van der Waals surface area contributed by atoms with Crippen molar-refractivity contribution >= 4 is 17.0 Å². The maximum absolute atomic E-state index is 13.3. The van der Waals surface area contributed by atoms with Crippen LogP contribution in [0.3, 0.4) is 0 Å². The predicted octanol–water partition coefficient (Wildman–Crippen LogP) is -0.808. The number of aliphatic hydroxyl groups is 2. The number of hydrogen-bond acceptors (Lipinski definition) is 7. The summed E-state index contributed by atoms with van der Waals surface area (Å²) in [7, 11) is 0. The standard InChI is InChI=1S/C12H12FN5O3/c1-2-12(4-19)6(20)3-7(21-12)18-5-15-8-9(14)16-11(13)17-10(8)18/h1,5-7,19-20H,3-4H2,(H2,14,16,17)/t6-,7+,12+/m0/s1/i4D/t4?,6-,7+,12+. The molecule has 0 bridgehead atoms. The monoisotopic (exact) mass is 294 g/mol. The summed E-state index contributed by atoms with van der Waals surface area (Å²) in [5.74, 6) is 1.98. The van der Waals surface area contributed by atoms with Crippen LogP contribution >= 0.6 is 0 Å². The van der Waals surface area contributed by atoms with Crippen LogP contribution in [0, 0.1) is 18.4 Å². The Morgan fingerprint density at radius 3 is 3.10 bits per heavy atom. The first-order chi connectivity index (χ1) is 10.4. The van der Waals surface area contributed by atoms with Crippen molar-refractivity contribution in [3.05, 3.63) is 12.4 Å². The minimum Gasteiger partial charge on any atom is -0.392 e. The number of nitrogens with two attached hydrogens (primary N) is 1. The average Bonchev–Trinajstić information content (AvgIpc) is 3.00. The number of ether oxygens (including phenoxy) is 1. The maximum Gasteiger partial charge on any atom is 0.312 e. The fraction of sp³-hybridized carbons (Fsp3) is 0.417. The summed E-state index contributed by atoms with van der Waals surface area (Å²) in [6, 6.07) is 0. The summed E-state index contributed by atoms with van der Waals surface area (Å²) >= 11 is 0. The second-order valence-corrected chi connectivity index (χ2v) is 4.59. The molecule has 9 heteroatoms. The van der Waals surface area contributed by atoms with Gasteiger partial charge in [0.15, 0.2) is 22.6 Å². The highest BCUT2D eigenvalue weighted by Crippen LogP contribution is 2.37. The van der Waals surface area contributed by atoms with Crippen molar-refractivity contribution < 1.29 is 20.7 Å². The molecule has 0 spiro atoms. The highest BCUT2D eigenvalue weighted by atomic mass is 19.1. The Morgan fingerprint density at radius 2 is 2.48 bits per heavy atom. The van der Waals surface area contributed by atoms with Gasteiger partial charge in [-0.2, -0.15) is 14.4 Å². The molecule has 2 aromatic rings. The Morgan fingerprint density at radius 1 is 1.71 bits per heavy atom. The summed E-state index contributed by atoms with van der Waals surface area (Å²) in [5, 5.41) is 19.5. The van der Waals surface area contributed by atoms with Gasteiger partial charge in [0.1, 0.15) is 12.3 Å². The third-order valence-electron chi connectivity index (χ3n) is 3.40. The van der Waals surface area contributed by atoms with E-state index in [9.17, 15) is 14.6 Å². The zero-order valence-electron chi connectivity index (χ0n) is 11.6. The fourth-order valence-electron chi connectivity index (χ4n) is 2.29. The highest BCUT2D eigenvalue weighted by Gasteiger charge is 2.47. The molecular formula is C12H12FN5O3. The first-order valence-electron chi connectivity index (χ1n) is 6.56. The van der Waals surface area contributed by atoms with Crippen molar-refractivity contribution in [2.24, 2.45) is 0 Å². The second kappa shape index (κ2) is 4.63. The first-order valence-corrected chi connectivity index (χ1v) is 5.98. The number of imidazole rings is 1. The number of anilines is 1. The lowest BCUT2D eigenvalue weighted by molar-refractivity contribution is -0.0891. The number of fused-ring (bicyclic) bond motifs is 1. The maximum atomic E-state index is 13.3. The van der Waals surface area contributed by atoms with Gasteiger partial charge >= 0.3 is 6.08 Å². The molecule has 0 aromatic carbocycles. The number of aromatic nitrogens is 4. The molecular weight excluding hydrogens is 281 g/mol. The van der Waals surface area contributed by atoms with E-state index in [4.69, 9.17) is 18.3 Å². The van der Waals surface area contributed by atoms with Gasteiger partial charge in [-0.1, -0.05) is 5.92 Å². The van der Waals surface area contributed by atoms with Crippen molar-refractivity contribution in [2.75, 3.05) is 12.3 Å². The lowest BCUT2D eigenvalue weighted by atomic mass is 9.99. The van der Waals surface area contributed by atoms with Gasteiger partial charge in [-0.3, -0.25) is 4.57 Å². The van der Waals surface area contributed by atoms with Gasteiger partial charge in [0.2, 0.25) is 0 Å². The minimum atomic E-state index is -1.88. The molecule has 1 aliphatic heterocycles. The SMILES string of the molecule is [2H]C(O)[C@@]1(C#C)O[C@@H](n2cnc3c(N)nc(F)nc32)C[C@@H]1O. The molecule has 1 saturated heterocycles. The number of rotatable bonds is 2. The van der Waals surface area contributed by atoms with E-state index in [0.29, 0.717) is 0 Å². The highest BCUT2D eigenvalue weighted by molar-refractivity contribution is 5.81. The van der Waals surface area contributed by atoms with E-state index in [0.717, 1.165) is 0 Å². The molecule has 2 aromatic heterocycles. The van der Waals surface area contributed by atoms with Crippen molar-refractivity contribution in [1.82, 2.24) is 19.5 Å². The molecule has 1 fully saturated rings. The van der Waals surface area contributed by atoms with Gasteiger partial charge < -0.3 is 20.7 Å². The predicted molar refractivity (Wildman–Crippen MR) is 69.1 cm³/mol. The Bertz CT molecular complexity index is 776. The van der Waals surface area contributed by atoms with E-state index in [1.54, 1.807) is 0 Å². The summed E-state index contributed by atoms with van der Waals surface area (Å²) in [5.41, 5.74) is 3.92. The summed E-state index contributed by atoms with van der Waals surface area (Å²) in [6.45, 7) is -1.84. The van der Waals surface area contributed by atoms with Crippen LogP contribution in [0.2, 0.25) is 0 Å². The van der Waals surface area contributed by atoms with Crippen molar-refractivity contribution in [3.8, 4) is 12.3 Å². The van der Waals surface area contributed by atoms with Gasteiger partial charge in [0.25, 0.3) is 0 Å². The molecule has 110 valence electrons. The van der Waals surface area contributed by atoms with Crippen LogP contribution in [0.5, 0.6) is 0 Å². The number of nitrogens with zero attached hydrogens (tertiary/aromatic N) is 4. The van der Waals surface area contributed by atoms with Crippen molar-refractivity contribution in [1.29, 1.82) is 0 Å². The largest absolute Gasteiger partial charge is 0.392 e. The molecule has 0 radical (unpaired) electrons. The van der Waals surface area contributed by atoms with Gasteiger partial charge in [-0.05, 0) is 0 Å². The Balaban J connectivity index is 2.06. The number of terminal acetylenes is 1. The number of aliphatic hydroxyl groups excluding tert-OH is 2. The van der Waals surface area contributed by atoms with E-state index < -0.39 is 30.6 Å². The van der Waals surface area contributed by atoms with Gasteiger partial charge in [-0.15, -0.1) is 6.42 Å². The van der Waals surface area contributed by atoms with E-state index in [2.05, 4.69) is 20.9 Å². The fourth-order valence-corrected chi connectivity index (χ4v) is 2.29. The van der Waals surface area contributed by atoms with Crippen molar-refractivity contribution in [2.45, 2.75) is 24.4 Å². The second-order valence-electron chi connectivity index (χ2n) is 4.59. The molecule has 21 heavy (non-hydrogen) atoms. The van der Waals surface area contributed by atoms with Crippen LogP contribution in [-0.2, 0) is 4.74 Å². The molecule has 4 N–H and O–H groups in total. The molecule has 0 aliphatic carbocycles. The minimum absolute atomic E-state index is 0.0306. The van der Waals surface area contributed by atoms with Gasteiger partial charge in [-0.25, -0.2) is 4.98 Å². The Labute approximate surface area is 119 Å². The van der Waals surface area contributed by atoms with E-state index in [1.807, 2.05) is 0 Å². The molecule has 8 nitrogen and oxygen atoms in total. The summed E-state index contributed by atoms with van der Waals surface area (Å²) in [6.07, 6.45) is 3.35. The lowest BCUT2D eigenvalue weighted by Gasteiger charge is -2.23. The Kier molecular flexibility index (Phi) is 2.75. The van der Waals surface area contributed by atoms with Crippen LogP contribution < -0.4 is 5.73 Å². The average molecular weight is 294 g/mol. The van der Waals surface area contributed by atoms with Crippen LogP contribution in [0.25, 0.3) is 11.2 Å². The lowest BCUT2D eigenvalue weighted by Crippen LogP contribution is -2.41. The zero-order chi connectivity index (χ0) is 16.1. The number of nitrogen functional groups attached to an aromatic ring is 1. The molecule has 1 unspecified atom stereocenters. The van der Waals surface area contributed by atoms with E-state index in [1.165, 1.54) is 10.9 Å². The van der Waals surface area contributed by atoms with E-state index >= 15 is 0 Å². The van der Waals surface area contributed by atoms with Crippen LogP contribution in [0.4, 0.5) is 10.2 Å². The summed E-state index contributed by atoms with van der Waals surface area (Å²) in [4.78, 5) is 10.9. The Hall–Kier alpha value is -2.28. The summed E-state index contributed by atoms with van der Waals surface area (Å²) < 4.78 is 27.5. The third kappa shape index (κ3) is 1.92. The van der Waals surface area contributed by atoms with E-state index in [-0.39, 0.29) is 23.4 Å². The normalized spacial score (nSPS) is 31.0. The smallest absolute Gasteiger partial charge is 0.312 e. The van der Waals surface area contributed by atoms with Gasteiger partial charge in [0, 0.05) is 6.42 Å². The molecule has 3 rings (SSSR count). The third-order valence-corrected chi connectivity index (χ3v) is 3.40. The van der Waals surface area contributed by atoms with Crippen molar-refractivity contribution in [3.63, 3.8) is 0 Å². The van der Waals surface area contributed by atoms with Crippen LogP contribution in [0.15, 0.2) is 6.33 Å². The molecule has 1 aliphatic rings. The molecule has 3 heterocycles. The number of halogens is 1. The van der Waals surface area contributed by atoms with Crippen LogP contribution in [-0.4, -0.2) is 48.0 Å². The zero-order valence-corrected chi connectivity index (χ0v) is 10.6. The molecule has 0 amide bonds. The first kappa shape index (κ1) is 12.5. The molecule has 4 atom stereocenters. The van der Waals surface area contributed by atoms with Crippen LogP contribution in [0.1, 0.15) is 14.0 Å². The number of hydrogen-bond donors (Lipinski definition) is 3. The topological polar surface area (TPSA) is 119 Å². The molecule has 0 saturated carbocycles.